The molecule has 0 amide bonds. The minimum absolute atomic E-state index is 0. The number of carboxylic acids is 1. The molecule has 0 aliphatic rings. The Balaban J connectivity index is -0.000000602. The molecule has 0 unspecified atom stereocenters. The van der Waals surface area contributed by atoms with Crippen molar-refractivity contribution in [1.82, 2.24) is 0 Å². The monoisotopic (exact) mass is 424 g/mol. The molecule has 0 spiro atoms. The number of carbonyl (C=O) groups is 1. The summed E-state index contributed by atoms with van der Waals surface area (Å²) in [6.07, 6.45) is 20.2. The fraction of sp³-hybridized carbons (Fsp3) is 0.944. The van der Waals surface area contributed by atoms with E-state index < -0.39 is 5.97 Å². The molecule has 3 heteroatoms. The van der Waals surface area contributed by atoms with E-state index in [0.29, 0.717) is 6.42 Å². The normalized spacial score (nSPS) is 10.3. The second-order valence-corrected chi connectivity index (χ2v) is 6.09. The van der Waals surface area contributed by atoms with E-state index in [0.717, 1.165) is 12.8 Å². The number of aliphatic carboxylic acids is 1. The Kier molecular flexibility index (Phi) is 24.3. The summed E-state index contributed by atoms with van der Waals surface area (Å²) in [4.78, 5) is 10.3. The van der Waals surface area contributed by atoms with Crippen molar-refractivity contribution < 1.29 is 12.8 Å². The van der Waals surface area contributed by atoms with Crippen LogP contribution < -0.4 is 0 Å². The van der Waals surface area contributed by atoms with Gasteiger partial charge in [0.05, 0.1) is 0 Å². The van der Waals surface area contributed by atoms with Crippen molar-refractivity contribution in [1.29, 1.82) is 0 Å². The molecule has 0 atom stereocenters. The van der Waals surface area contributed by atoms with Crippen molar-refractivity contribution in [3.8, 4) is 0 Å². The van der Waals surface area contributed by atoms with E-state index in [1.54, 1.807) is 0 Å². The maximum absolute atomic E-state index is 10.3. The number of carboxylic acid groups (broad SMARTS) is 1. The van der Waals surface area contributed by atoms with Gasteiger partial charge in [-0.1, -0.05) is 96.8 Å². The maximum Gasteiger partial charge on any atom is 2.00 e. The Morgan fingerprint density at radius 3 is 1.24 bits per heavy atom. The molecular weight excluding hydrogens is 386 g/mol. The van der Waals surface area contributed by atoms with E-state index in [1.807, 2.05) is 0 Å². The molecule has 0 aromatic rings. The summed E-state index contributed by atoms with van der Waals surface area (Å²) < 4.78 is 0. The van der Waals surface area contributed by atoms with Crippen LogP contribution in [0.2, 0.25) is 0 Å². The first-order valence-corrected chi connectivity index (χ1v) is 8.99. The Morgan fingerprint density at radius 1 is 0.667 bits per heavy atom. The van der Waals surface area contributed by atoms with Gasteiger partial charge < -0.3 is 7.96 Å². The Hall–Kier alpha value is 1.04. The van der Waals surface area contributed by atoms with Crippen molar-refractivity contribution in [2.24, 2.45) is 0 Å². The van der Waals surface area contributed by atoms with Crippen LogP contribution in [0.25, 0.3) is 0 Å². The molecule has 0 bridgehead atoms. The van der Waals surface area contributed by atoms with Crippen molar-refractivity contribution >= 4 is 54.9 Å². The fourth-order valence-electron chi connectivity index (χ4n) is 2.65. The molecular formula is C18H38BaO2. The molecule has 2 nitrogen and oxygen atoms in total. The molecule has 0 aromatic carbocycles. The zero-order chi connectivity index (χ0) is 14.9. The quantitative estimate of drug-likeness (QED) is 0.238. The summed E-state index contributed by atoms with van der Waals surface area (Å²) in [5.74, 6) is -0.653. The molecule has 0 fully saturated rings. The van der Waals surface area contributed by atoms with Crippen LogP contribution >= 0.6 is 0 Å². The van der Waals surface area contributed by atoms with Gasteiger partial charge >= 0.3 is 54.9 Å². The third kappa shape index (κ3) is 23.4. The van der Waals surface area contributed by atoms with Crippen molar-refractivity contribution in [2.75, 3.05) is 0 Å². The molecule has 0 rings (SSSR count). The number of hydrogen-bond donors (Lipinski definition) is 1. The van der Waals surface area contributed by atoms with Crippen LogP contribution in [0.1, 0.15) is 113 Å². The molecule has 0 aromatic heterocycles. The second-order valence-electron chi connectivity index (χ2n) is 6.09. The smallest absolute Gasteiger partial charge is 1.00 e. The van der Waals surface area contributed by atoms with Crippen molar-refractivity contribution in [2.45, 2.75) is 110 Å². The zero-order valence-corrected chi connectivity index (χ0v) is 18.8. The third-order valence-electron chi connectivity index (χ3n) is 3.99. The second kappa shape index (κ2) is 21.0. The van der Waals surface area contributed by atoms with Gasteiger partial charge in [0, 0.05) is 6.42 Å². The van der Waals surface area contributed by atoms with Crippen molar-refractivity contribution in [3.05, 3.63) is 0 Å². The molecule has 0 heterocycles. The van der Waals surface area contributed by atoms with Crippen LogP contribution in [0.4, 0.5) is 0 Å². The average Bonchev–Trinajstić information content (AvgIpc) is 2.43. The minimum atomic E-state index is -0.653. The summed E-state index contributed by atoms with van der Waals surface area (Å²) >= 11 is 0. The minimum Gasteiger partial charge on any atom is -1.00 e. The molecule has 0 saturated carbocycles. The standard InChI is InChI=1S/C18H36O2.Ba.2H/c1-2-3-4-5-6-7-8-9-10-11-12-13-14-15-16-17-18(19)20;;;/h2-17H2,1H3,(H,19,20);;;/q;+2;2*-1. The van der Waals surface area contributed by atoms with Gasteiger partial charge in [0.25, 0.3) is 0 Å². The topological polar surface area (TPSA) is 37.3 Å². The van der Waals surface area contributed by atoms with Gasteiger partial charge in [0.1, 0.15) is 0 Å². The van der Waals surface area contributed by atoms with E-state index in [9.17, 15) is 4.79 Å². The van der Waals surface area contributed by atoms with Crippen LogP contribution in [0.15, 0.2) is 0 Å². The van der Waals surface area contributed by atoms with Crippen molar-refractivity contribution in [3.63, 3.8) is 0 Å². The molecule has 0 saturated heterocycles. The van der Waals surface area contributed by atoms with Crippen LogP contribution in [-0.2, 0) is 4.79 Å². The summed E-state index contributed by atoms with van der Waals surface area (Å²) in [6.45, 7) is 2.27. The van der Waals surface area contributed by atoms with E-state index in [-0.39, 0.29) is 51.7 Å². The van der Waals surface area contributed by atoms with Gasteiger partial charge in [0.15, 0.2) is 0 Å². The number of rotatable bonds is 16. The molecule has 0 aliphatic heterocycles. The molecule has 0 radical (unpaired) electrons. The predicted octanol–water partition coefficient (Wildman–Crippen LogP) is 6.18. The first-order chi connectivity index (χ1) is 9.77. The zero-order valence-electron chi connectivity index (χ0n) is 16.4. The summed E-state index contributed by atoms with van der Waals surface area (Å²) in [5, 5.41) is 8.52. The van der Waals surface area contributed by atoms with Gasteiger partial charge in [0.2, 0.25) is 0 Å². The Labute approximate surface area is 175 Å². The summed E-state index contributed by atoms with van der Waals surface area (Å²) in [6, 6.07) is 0. The SMILES string of the molecule is CCCCCCCCCCCCCCCCCC(=O)O.[Ba+2].[H-].[H-]. The molecule has 21 heavy (non-hydrogen) atoms. The van der Waals surface area contributed by atoms with Crippen LogP contribution in [0.5, 0.6) is 0 Å². The van der Waals surface area contributed by atoms with E-state index >= 15 is 0 Å². The van der Waals surface area contributed by atoms with Crippen LogP contribution in [-0.4, -0.2) is 60.0 Å². The van der Waals surface area contributed by atoms with E-state index in [1.165, 1.54) is 83.5 Å². The van der Waals surface area contributed by atoms with Gasteiger partial charge in [-0.05, 0) is 6.42 Å². The summed E-state index contributed by atoms with van der Waals surface area (Å²) in [5.41, 5.74) is 0. The maximum atomic E-state index is 10.3. The largest absolute Gasteiger partial charge is 2.00 e. The Morgan fingerprint density at radius 2 is 0.952 bits per heavy atom. The molecule has 124 valence electrons. The predicted molar refractivity (Wildman–Crippen MR) is 95.2 cm³/mol. The number of unbranched alkanes of at least 4 members (excludes halogenated alkanes) is 14. The van der Waals surface area contributed by atoms with Gasteiger partial charge in [-0.3, -0.25) is 4.79 Å². The fourth-order valence-corrected chi connectivity index (χ4v) is 2.65. The van der Waals surface area contributed by atoms with Crippen LogP contribution in [0.3, 0.4) is 0 Å². The van der Waals surface area contributed by atoms with Gasteiger partial charge in [-0.25, -0.2) is 0 Å². The Bertz CT molecular complexity index is 217. The molecule has 0 aliphatic carbocycles. The summed E-state index contributed by atoms with van der Waals surface area (Å²) in [7, 11) is 0. The van der Waals surface area contributed by atoms with Gasteiger partial charge in [-0.2, -0.15) is 0 Å². The number of hydrogen-bond acceptors (Lipinski definition) is 1. The average molecular weight is 424 g/mol. The first-order valence-electron chi connectivity index (χ1n) is 8.99. The first kappa shape index (κ1) is 24.3. The van der Waals surface area contributed by atoms with E-state index in [4.69, 9.17) is 5.11 Å². The third-order valence-corrected chi connectivity index (χ3v) is 3.99. The van der Waals surface area contributed by atoms with Crippen LogP contribution in [0, 0.1) is 0 Å². The van der Waals surface area contributed by atoms with E-state index in [2.05, 4.69) is 6.92 Å². The van der Waals surface area contributed by atoms with Gasteiger partial charge in [-0.15, -0.1) is 0 Å². The molecule has 1 N–H and O–H groups in total.